The predicted octanol–water partition coefficient (Wildman–Crippen LogP) is -12.8. The fourth-order valence-corrected chi connectivity index (χ4v) is 0. The van der Waals surface area contributed by atoms with Crippen molar-refractivity contribution in [3.05, 3.63) is 0 Å². The minimum Gasteiger partial charge on any atom is -0.183 e. The van der Waals surface area contributed by atoms with Gasteiger partial charge in [0.25, 0.3) is 0 Å². The predicted molar refractivity (Wildman–Crippen MR) is 12.4 cm³/mol. The van der Waals surface area contributed by atoms with Gasteiger partial charge in [-0.1, -0.05) is 0 Å². The van der Waals surface area contributed by atoms with Crippen molar-refractivity contribution in [2.75, 3.05) is 0 Å². The summed E-state index contributed by atoms with van der Waals surface area (Å²) < 4.78 is 98.2. The van der Waals surface area contributed by atoms with Gasteiger partial charge < -0.3 is 0 Å². The van der Waals surface area contributed by atoms with E-state index < -0.39 is 30.7 Å². The van der Waals surface area contributed by atoms with E-state index in [-0.39, 0.29) is 27.3 Å². The quantitative estimate of drug-likeness (QED) is 0.259. The third kappa shape index (κ3) is 1820. The molecule has 12 nitrogen and oxygen atoms in total. The van der Waals surface area contributed by atoms with Crippen LogP contribution in [0.4, 0.5) is 0 Å². The van der Waals surface area contributed by atoms with Crippen LogP contribution in [-0.2, 0) is 0 Å². The molecule has 0 amide bonds. The number of halogens is 3. The molecule has 0 aromatic heterocycles. The first-order valence-corrected chi connectivity index (χ1v) is 5.69. The van der Waals surface area contributed by atoms with Gasteiger partial charge in [-0.2, -0.15) is 41.9 Å². The first kappa shape index (κ1) is 26.0. The van der Waals surface area contributed by atoms with E-state index in [9.17, 15) is 0 Å². The third-order valence-corrected chi connectivity index (χ3v) is 0. The smallest absolute Gasteiger partial charge is 0.0777 e. The zero-order valence-corrected chi connectivity index (χ0v) is 13.5. The summed E-state index contributed by atoms with van der Waals surface area (Å²) in [6, 6.07) is 0. The van der Waals surface area contributed by atoms with Crippen LogP contribution in [0.5, 0.6) is 0 Å². The van der Waals surface area contributed by atoms with Gasteiger partial charge in [-0.05, 0) is 0 Å². The van der Waals surface area contributed by atoms with Crippen LogP contribution >= 0.6 is 0 Å². The molecule has 0 fully saturated rings. The van der Waals surface area contributed by atoms with Gasteiger partial charge in [-0.15, -0.1) is 0 Å². The van der Waals surface area contributed by atoms with Gasteiger partial charge in [0, 0.05) is 27.3 Å². The minimum atomic E-state index is -4.69. The van der Waals surface area contributed by atoms with Crippen LogP contribution in [0.15, 0.2) is 0 Å². The van der Waals surface area contributed by atoms with Crippen molar-refractivity contribution in [1.29, 1.82) is 0 Å². The zero-order chi connectivity index (χ0) is 13.5. The molecule has 0 aliphatic heterocycles. The Morgan fingerprint density at radius 2 is 0.438 bits per heavy atom. The fraction of sp³-hybridized carbons (Fsp3) is 0. The second-order valence-corrected chi connectivity index (χ2v) is 3.56. The molecule has 0 aliphatic rings. The van der Waals surface area contributed by atoms with Crippen LogP contribution in [0.25, 0.3) is 0 Å². The molecule has 0 aliphatic carbocycles. The molecule has 99 valence electrons. The normalized spacial score (nSPS) is 11.2. The molecule has 16 heavy (non-hydrogen) atoms. The van der Waals surface area contributed by atoms with Crippen molar-refractivity contribution in [3.63, 3.8) is 0 Å². The Bertz CT molecular complexity index is 91.3. The maximum absolute atomic E-state index is 8.60. The molecule has 0 saturated carbocycles. The van der Waals surface area contributed by atoms with Crippen molar-refractivity contribution in [1.82, 2.24) is 0 Å². The minimum absolute atomic E-state index is 0. The van der Waals surface area contributed by atoms with Crippen molar-refractivity contribution < 1.29 is 86.6 Å². The van der Waals surface area contributed by atoms with Crippen LogP contribution in [0.1, 0.15) is 0 Å². The molecule has 0 bridgehead atoms. The first-order valence-electron chi connectivity index (χ1n) is 1.90. The number of hydrogen-bond acceptors (Lipinski definition) is 12. The van der Waals surface area contributed by atoms with Crippen molar-refractivity contribution in [2.24, 2.45) is 0 Å². The van der Waals surface area contributed by atoms with Gasteiger partial charge in [-0.25, -0.2) is 0 Å². The molecule has 16 heteroatoms. The molecular formula is H3Cl3O12Tl. The van der Waals surface area contributed by atoms with Crippen LogP contribution in [0.2, 0.25) is 0 Å². The van der Waals surface area contributed by atoms with Gasteiger partial charge in [0.05, 0.1) is 44.7 Å². The van der Waals surface area contributed by atoms with Gasteiger partial charge in [-0.3, -0.25) is 0 Å². The first-order chi connectivity index (χ1) is 6.00. The molecule has 0 unspecified atom stereocenters. The molecule has 0 aromatic rings. The van der Waals surface area contributed by atoms with Crippen molar-refractivity contribution >= 4 is 27.3 Å². The zero-order valence-electron chi connectivity index (χ0n) is 6.73. The summed E-state index contributed by atoms with van der Waals surface area (Å²) in [5.41, 5.74) is 0. The average molecular weight is 506 g/mol. The molecular weight excluding hydrogens is 503 g/mol. The summed E-state index contributed by atoms with van der Waals surface area (Å²) in [7, 11) is -14.1. The largest absolute Gasteiger partial charge is 0.183 e. The van der Waals surface area contributed by atoms with Crippen LogP contribution in [0, 0.1) is 30.7 Å². The molecule has 0 aromatic carbocycles. The fourth-order valence-electron chi connectivity index (χ4n) is 0. The van der Waals surface area contributed by atoms with E-state index in [2.05, 4.69) is 0 Å². The van der Waals surface area contributed by atoms with Crippen LogP contribution in [-0.4, -0.2) is 41.3 Å². The summed E-state index contributed by atoms with van der Waals surface area (Å²) in [6.45, 7) is 0. The summed E-state index contributed by atoms with van der Waals surface area (Å²) in [4.78, 5) is 0. The summed E-state index contributed by atoms with van der Waals surface area (Å²) in [5.74, 6) is 0. The molecule has 0 atom stereocenters. The number of rotatable bonds is 0. The molecule has 0 heterocycles. The van der Waals surface area contributed by atoms with Gasteiger partial charge >= 0.3 is 0 Å². The summed E-state index contributed by atoms with van der Waals surface area (Å²) in [6.07, 6.45) is 0. The second-order valence-electron chi connectivity index (χ2n) is 1.19. The van der Waals surface area contributed by atoms with E-state index in [0.29, 0.717) is 0 Å². The maximum Gasteiger partial charge on any atom is 0.0777 e. The second kappa shape index (κ2) is 10.3. The Kier molecular flexibility index (Phi) is 16.7. The SMILES string of the molecule is [O-][Cl+3]([O-])([O-])O.[O-][Cl+3]([O-])([O-])O.[O-][Cl+3]([O-])([O-])O.[Tl]. The van der Waals surface area contributed by atoms with Gasteiger partial charge in [0.15, 0.2) is 0 Å². The molecule has 0 spiro atoms. The Balaban J connectivity index is -0.0000000655. The Morgan fingerprint density at radius 1 is 0.438 bits per heavy atom. The van der Waals surface area contributed by atoms with Gasteiger partial charge in [0.1, 0.15) is 0 Å². The van der Waals surface area contributed by atoms with E-state index in [1.165, 1.54) is 0 Å². The topological polar surface area (TPSA) is 268 Å². The Labute approximate surface area is 114 Å². The van der Waals surface area contributed by atoms with Gasteiger partial charge in [0.2, 0.25) is 0 Å². The monoisotopic (exact) mass is 505 g/mol. The average Bonchev–Trinajstić information content (AvgIpc) is 1.41. The maximum atomic E-state index is 8.60. The van der Waals surface area contributed by atoms with Crippen LogP contribution < -0.4 is 41.9 Å². The van der Waals surface area contributed by atoms with E-state index in [0.717, 1.165) is 0 Å². The van der Waals surface area contributed by atoms with E-state index >= 15 is 0 Å². The Hall–Kier alpha value is 1.31. The van der Waals surface area contributed by atoms with E-state index in [1.807, 2.05) is 0 Å². The van der Waals surface area contributed by atoms with Crippen LogP contribution in [0.3, 0.4) is 0 Å². The summed E-state index contributed by atoms with van der Waals surface area (Å²) in [5, 5.41) is 0. The molecule has 1 radical (unpaired) electrons. The van der Waals surface area contributed by atoms with E-state index in [1.54, 1.807) is 0 Å². The summed E-state index contributed by atoms with van der Waals surface area (Å²) >= 11 is 0. The molecule has 3 N–H and O–H groups in total. The van der Waals surface area contributed by atoms with Crippen molar-refractivity contribution in [3.8, 4) is 0 Å². The Morgan fingerprint density at radius 3 is 0.438 bits per heavy atom. The number of hydrogen-bond donors (Lipinski definition) is 3. The molecule has 0 saturated heterocycles. The van der Waals surface area contributed by atoms with E-state index in [4.69, 9.17) is 55.9 Å². The van der Waals surface area contributed by atoms with Crippen molar-refractivity contribution in [2.45, 2.75) is 0 Å². The standard InChI is InChI=1S/3ClHO4.Tl/c3*2-1(3,4)5;/h3*(H,2,3,4,5);. The molecule has 0 rings (SSSR count). The third-order valence-electron chi connectivity index (χ3n) is 0.